The van der Waals surface area contributed by atoms with Crippen LogP contribution in [0, 0.1) is 20.8 Å². The first-order valence-corrected chi connectivity index (χ1v) is 6.76. The molecule has 3 nitrogen and oxygen atoms in total. The molecule has 0 atom stereocenters. The van der Waals surface area contributed by atoms with Gasteiger partial charge in [0.1, 0.15) is 0 Å². The van der Waals surface area contributed by atoms with Crippen LogP contribution >= 0.6 is 0 Å². The third kappa shape index (κ3) is 5.03. The molecule has 0 aliphatic carbocycles. The number of rotatable bonds is 6. The maximum atomic E-state index is 11.0. The van der Waals surface area contributed by atoms with Crippen LogP contribution in [-0.4, -0.2) is 31.6 Å². The van der Waals surface area contributed by atoms with Gasteiger partial charge in [-0.05, 0) is 63.0 Å². The highest BCUT2D eigenvalue weighted by Crippen LogP contribution is 2.16. The Balaban J connectivity index is 2.50. The molecule has 1 aromatic carbocycles. The van der Waals surface area contributed by atoms with Gasteiger partial charge in [-0.3, -0.25) is 4.79 Å². The van der Waals surface area contributed by atoms with Crippen LogP contribution in [0.2, 0.25) is 0 Å². The molecule has 0 saturated carbocycles. The molecule has 0 radical (unpaired) electrons. The summed E-state index contributed by atoms with van der Waals surface area (Å²) in [6.45, 7) is 8.28. The largest absolute Gasteiger partial charge is 0.469 e. The second-order valence-corrected chi connectivity index (χ2v) is 5.28. The number of benzene rings is 1. The van der Waals surface area contributed by atoms with E-state index in [9.17, 15) is 4.79 Å². The van der Waals surface area contributed by atoms with E-state index in [0.29, 0.717) is 6.42 Å². The molecule has 1 rings (SSSR count). The van der Waals surface area contributed by atoms with Crippen LogP contribution < -0.4 is 0 Å². The molecule has 0 amide bonds. The van der Waals surface area contributed by atoms with Crippen molar-refractivity contribution in [3.05, 3.63) is 34.4 Å². The molecule has 106 valence electrons. The van der Waals surface area contributed by atoms with E-state index >= 15 is 0 Å². The van der Waals surface area contributed by atoms with Gasteiger partial charge in [-0.15, -0.1) is 0 Å². The lowest BCUT2D eigenvalue weighted by Crippen LogP contribution is -2.20. The number of aryl methyl sites for hydroxylation is 3. The van der Waals surface area contributed by atoms with Gasteiger partial charge in [0.2, 0.25) is 0 Å². The third-order valence-corrected chi connectivity index (χ3v) is 3.54. The minimum absolute atomic E-state index is 0.129. The zero-order chi connectivity index (χ0) is 14.4. The Bertz CT molecular complexity index is 441. The van der Waals surface area contributed by atoms with Gasteiger partial charge < -0.3 is 9.64 Å². The van der Waals surface area contributed by atoms with Crippen molar-refractivity contribution in [2.45, 2.75) is 40.2 Å². The van der Waals surface area contributed by atoms with Crippen molar-refractivity contribution < 1.29 is 9.53 Å². The van der Waals surface area contributed by atoms with Crippen molar-refractivity contribution in [3.8, 4) is 0 Å². The van der Waals surface area contributed by atoms with E-state index in [1.165, 1.54) is 29.4 Å². The van der Waals surface area contributed by atoms with Crippen molar-refractivity contribution in [1.29, 1.82) is 0 Å². The zero-order valence-corrected chi connectivity index (χ0v) is 12.7. The highest BCUT2D eigenvalue weighted by Gasteiger charge is 2.07. The second kappa shape index (κ2) is 7.29. The van der Waals surface area contributed by atoms with E-state index in [-0.39, 0.29) is 5.97 Å². The molecule has 3 heteroatoms. The van der Waals surface area contributed by atoms with E-state index in [0.717, 1.165) is 19.5 Å². The highest BCUT2D eigenvalue weighted by molar-refractivity contribution is 5.69. The first-order valence-electron chi connectivity index (χ1n) is 6.76. The van der Waals surface area contributed by atoms with Crippen LogP contribution in [0.25, 0.3) is 0 Å². The van der Waals surface area contributed by atoms with Crippen molar-refractivity contribution in [3.63, 3.8) is 0 Å². The monoisotopic (exact) mass is 263 g/mol. The lowest BCUT2D eigenvalue weighted by Gasteiger charge is -2.18. The molecule has 0 unspecified atom stereocenters. The fourth-order valence-corrected chi connectivity index (χ4v) is 2.16. The Morgan fingerprint density at radius 1 is 1.16 bits per heavy atom. The number of carbonyl (C=O) groups is 1. The summed E-state index contributed by atoms with van der Waals surface area (Å²) >= 11 is 0. The third-order valence-electron chi connectivity index (χ3n) is 3.54. The molecule has 0 saturated heterocycles. The topological polar surface area (TPSA) is 29.5 Å². The number of hydrogen-bond donors (Lipinski definition) is 0. The molecule has 0 bridgehead atoms. The van der Waals surface area contributed by atoms with Gasteiger partial charge in [0.05, 0.1) is 7.11 Å². The standard InChI is InChI=1S/C16H25NO2/c1-12-9-14(3)15(10-13(12)2)11-17(4)8-6-7-16(18)19-5/h9-10H,6-8,11H2,1-5H3. The molecule has 1 aromatic rings. The molecular weight excluding hydrogens is 238 g/mol. The Morgan fingerprint density at radius 3 is 2.42 bits per heavy atom. The Morgan fingerprint density at radius 2 is 1.79 bits per heavy atom. The summed E-state index contributed by atoms with van der Waals surface area (Å²) in [6.07, 6.45) is 1.33. The van der Waals surface area contributed by atoms with Crippen LogP contribution in [0.1, 0.15) is 35.1 Å². The molecular formula is C16H25NO2. The summed E-state index contributed by atoms with van der Waals surface area (Å²) < 4.78 is 4.64. The van der Waals surface area contributed by atoms with Gasteiger partial charge in [0, 0.05) is 13.0 Å². The maximum absolute atomic E-state index is 11.0. The number of nitrogens with zero attached hydrogens (tertiary/aromatic N) is 1. The summed E-state index contributed by atoms with van der Waals surface area (Å²) in [5.74, 6) is -0.129. The quantitative estimate of drug-likeness (QED) is 0.739. The van der Waals surface area contributed by atoms with E-state index in [1.807, 2.05) is 0 Å². The molecule has 19 heavy (non-hydrogen) atoms. The van der Waals surface area contributed by atoms with Gasteiger partial charge in [0.25, 0.3) is 0 Å². The lowest BCUT2D eigenvalue weighted by atomic mass is 10.0. The summed E-state index contributed by atoms with van der Waals surface area (Å²) in [5, 5.41) is 0. The number of hydrogen-bond acceptors (Lipinski definition) is 3. The van der Waals surface area contributed by atoms with Gasteiger partial charge in [-0.2, -0.15) is 0 Å². The Labute approximate surface area is 116 Å². The number of ether oxygens (including phenoxy) is 1. The van der Waals surface area contributed by atoms with Gasteiger partial charge in [-0.1, -0.05) is 12.1 Å². The van der Waals surface area contributed by atoms with E-state index in [2.05, 4.69) is 49.6 Å². The minimum atomic E-state index is -0.129. The average Bonchev–Trinajstić information content (AvgIpc) is 2.35. The first-order chi connectivity index (χ1) is 8.93. The van der Waals surface area contributed by atoms with Crippen molar-refractivity contribution in [1.82, 2.24) is 4.90 Å². The zero-order valence-electron chi connectivity index (χ0n) is 12.7. The average molecular weight is 263 g/mol. The molecule has 0 spiro atoms. The predicted molar refractivity (Wildman–Crippen MR) is 78.2 cm³/mol. The normalized spacial score (nSPS) is 10.8. The molecule has 0 heterocycles. The maximum Gasteiger partial charge on any atom is 0.305 e. The van der Waals surface area contributed by atoms with Crippen LogP contribution in [0.3, 0.4) is 0 Å². The molecule has 0 aliphatic rings. The fourth-order valence-electron chi connectivity index (χ4n) is 2.16. The molecule has 0 aromatic heterocycles. The van der Waals surface area contributed by atoms with E-state index in [4.69, 9.17) is 0 Å². The van der Waals surface area contributed by atoms with Gasteiger partial charge >= 0.3 is 5.97 Å². The predicted octanol–water partition coefficient (Wildman–Crippen LogP) is 3.00. The molecule has 0 N–H and O–H groups in total. The SMILES string of the molecule is COC(=O)CCCN(C)Cc1cc(C)c(C)cc1C. The Hall–Kier alpha value is -1.35. The summed E-state index contributed by atoms with van der Waals surface area (Å²) in [6, 6.07) is 4.51. The van der Waals surface area contributed by atoms with Crippen LogP contribution in [-0.2, 0) is 16.1 Å². The van der Waals surface area contributed by atoms with Crippen LogP contribution in [0.15, 0.2) is 12.1 Å². The van der Waals surface area contributed by atoms with Gasteiger partial charge in [0.15, 0.2) is 0 Å². The smallest absolute Gasteiger partial charge is 0.305 e. The second-order valence-electron chi connectivity index (χ2n) is 5.28. The summed E-state index contributed by atoms with van der Waals surface area (Å²) in [5.41, 5.74) is 5.38. The fraction of sp³-hybridized carbons (Fsp3) is 0.562. The first kappa shape index (κ1) is 15.7. The van der Waals surface area contributed by atoms with Crippen molar-refractivity contribution in [2.24, 2.45) is 0 Å². The van der Waals surface area contributed by atoms with Crippen molar-refractivity contribution in [2.75, 3.05) is 20.7 Å². The molecule has 0 aliphatic heterocycles. The minimum Gasteiger partial charge on any atom is -0.469 e. The van der Waals surface area contributed by atoms with Gasteiger partial charge in [-0.25, -0.2) is 0 Å². The summed E-state index contributed by atoms with van der Waals surface area (Å²) in [7, 11) is 3.52. The number of esters is 1. The highest BCUT2D eigenvalue weighted by atomic mass is 16.5. The Kier molecular flexibility index (Phi) is 6.03. The van der Waals surface area contributed by atoms with E-state index in [1.54, 1.807) is 0 Å². The number of carbonyl (C=O) groups excluding carboxylic acids is 1. The number of methoxy groups -OCH3 is 1. The lowest BCUT2D eigenvalue weighted by molar-refractivity contribution is -0.140. The van der Waals surface area contributed by atoms with E-state index < -0.39 is 0 Å². The summed E-state index contributed by atoms with van der Waals surface area (Å²) in [4.78, 5) is 13.3. The van der Waals surface area contributed by atoms with Crippen LogP contribution in [0.5, 0.6) is 0 Å². The molecule has 0 fully saturated rings. The van der Waals surface area contributed by atoms with Crippen molar-refractivity contribution >= 4 is 5.97 Å². The van der Waals surface area contributed by atoms with Crippen LogP contribution in [0.4, 0.5) is 0 Å².